The lowest BCUT2D eigenvalue weighted by Crippen LogP contribution is -2.42. The number of aliphatic carboxylic acids is 1. The van der Waals surface area contributed by atoms with Crippen molar-refractivity contribution in [2.75, 3.05) is 19.8 Å². The zero-order valence-electron chi connectivity index (χ0n) is 11.3. The van der Waals surface area contributed by atoms with Gasteiger partial charge in [0.25, 0.3) is 0 Å². The maximum Gasteiger partial charge on any atom is 0.310 e. The van der Waals surface area contributed by atoms with Crippen LogP contribution in [-0.2, 0) is 16.1 Å². The number of aromatic hydroxyl groups is 1. The number of halogens is 1. The van der Waals surface area contributed by atoms with Gasteiger partial charge in [0.2, 0.25) is 0 Å². The molecule has 20 heavy (non-hydrogen) atoms. The van der Waals surface area contributed by atoms with Gasteiger partial charge in [-0.2, -0.15) is 0 Å². The Kier molecular flexibility index (Phi) is 4.57. The molecule has 1 heterocycles. The second-order valence-electron chi connectivity index (χ2n) is 4.89. The molecule has 2 atom stereocenters. The predicted molar refractivity (Wildman–Crippen MR) is 69.9 cm³/mol. The van der Waals surface area contributed by atoms with Gasteiger partial charge in [-0.25, -0.2) is 4.39 Å². The van der Waals surface area contributed by atoms with Gasteiger partial charge in [0, 0.05) is 18.2 Å². The minimum Gasteiger partial charge on any atom is -0.508 e. The smallest absolute Gasteiger partial charge is 0.310 e. The van der Waals surface area contributed by atoms with E-state index in [1.54, 1.807) is 0 Å². The fourth-order valence-electron chi connectivity index (χ4n) is 2.50. The second-order valence-corrected chi connectivity index (χ2v) is 4.89. The highest BCUT2D eigenvalue weighted by atomic mass is 19.1. The SMILES string of the molecule is CCN(Cc1cc(F)ccc1O)C1COCC1C(=O)O. The maximum absolute atomic E-state index is 13.2. The average molecular weight is 283 g/mol. The third-order valence-corrected chi connectivity index (χ3v) is 3.66. The van der Waals surface area contributed by atoms with Crippen LogP contribution in [0.1, 0.15) is 12.5 Å². The Morgan fingerprint density at radius 3 is 2.90 bits per heavy atom. The molecule has 0 aliphatic carbocycles. The molecule has 0 bridgehead atoms. The van der Waals surface area contributed by atoms with Crippen molar-refractivity contribution in [2.45, 2.75) is 19.5 Å². The lowest BCUT2D eigenvalue weighted by atomic mass is 10.0. The summed E-state index contributed by atoms with van der Waals surface area (Å²) >= 11 is 0. The van der Waals surface area contributed by atoms with E-state index in [-0.39, 0.29) is 24.9 Å². The summed E-state index contributed by atoms with van der Waals surface area (Å²) in [5.74, 6) is -1.90. The van der Waals surface area contributed by atoms with Gasteiger partial charge in [0.05, 0.1) is 19.1 Å². The van der Waals surface area contributed by atoms with E-state index in [0.717, 1.165) is 0 Å². The molecule has 0 radical (unpaired) electrons. The van der Waals surface area contributed by atoms with Crippen molar-refractivity contribution >= 4 is 5.97 Å². The van der Waals surface area contributed by atoms with Crippen LogP contribution in [0.5, 0.6) is 5.75 Å². The van der Waals surface area contributed by atoms with Crippen LogP contribution in [0.15, 0.2) is 18.2 Å². The Morgan fingerprint density at radius 2 is 2.25 bits per heavy atom. The number of carboxylic acids is 1. The lowest BCUT2D eigenvalue weighted by molar-refractivity contribution is -0.143. The number of ether oxygens (including phenoxy) is 1. The molecule has 2 rings (SSSR count). The van der Waals surface area contributed by atoms with Gasteiger partial charge in [-0.05, 0) is 24.7 Å². The molecular formula is C14H18FNO4. The second kappa shape index (κ2) is 6.19. The number of phenolic OH excluding ortho intramolecular Hbond substituents is 1. The Bertz CT molecular complexity index is 494. The molecule has 6 heteroatoms. The molecular weight excluding hydrogens is 265 g/mol. The largest absolute Gasteiger partial charge is 0.508 e. The molecule has 0 amide bonds. The highest BCUT2D eigenvalue weighted by Crippen LogP contribution is 2.25. The van der Waals surface area contributed by atoms with Crippen LogP contribution in [0.3, 0.4) is 0 Å². The number of hydrogen-bond donors (Lipinski definition) is 2. The summed E-state index contributed by atoms with van der Waals surface area (Å²) in [5, 5.41) is 18.9. The normalized spacial score (nSPS) is 22.4. The summed E-state index contributed by atoms with van der Waals surface area (Å²) < 4.78 is 18.5. The standard InChI is InChI=1S/C14H18FNO4/c1-2-16(12-8-20-7-11(12)14(18)19)6-9-5-10(15)3-4-13(9)17/h3-5,11-12,17H,2,6-8H2,1H3,(H,18,19). The van der Waals surface area contributed by atoms with E-state index in [2.05, 4.69) is 0 Å². The van der Waals surface area contributed by atoms with E-state index in [1.807, 2.05) is 11.8 Å². The summed E-state index contributed by atoms with van der Waals surface area (Å²) in [4.78, 5) is 13.1. The molecule has 5 nitrogen and oxygen atoms in total. The monoisotopic (exact) mass is 283 g/mol. The van der Waals surface area contributed by atoms with E-state index in [9.17, 15) is 19.4 Å². The van der Waals surface area contributed by atoms with Gasteiger partial charge < -0.3 is 14.9 Å². The van der Waals surface area contributed by atoms with E-state index in [1.165, 1.54) is 18.2 Å². The van der Waals surface area contributed by atoms with Crippen molar-refractivity contribution in [2.24, 2.45) is 5.92 Å². The molecule has 2 unspecified atom stereocenters. The van der Waals surface area contributed by atoms with Crippen molar-refractivity contribution in [1.82, 2.24) is 4.90 Å². The van der Waals surface area contributed by atoms with Crippen molar-refractivity contribution in [3.8, 4) is 5.75 Å². The van der Waals surface area contributed by atoms with E-state index < -0.39 is 17.7 Å². The summed E-state index contributed by atoms with van der Waals surface area (Å²) in [7, 11) is 0. The van der Waals surface area contributed by atoms with Crippen LogP contribution >= 0.6 is 0 Å². The highest BCUT2D eigenvalue weighted by Gasteiger charge is 2.37. The highest BCUT2D eigenvalue weighted by molar-refractivity contribution is 5.71. The molecule has 0 spiro atoms. The number of carbonyl (C=O) groups is 1. The van der Waals surface area contributed by atoms with E-state index >= 15 is 0 Å². The Balaban J connectivity index is 2.16. The first-order chi connectivity index (χ1) is 9.52. The molecule has 0 aromatic heterocycles. The number of carboxylic acid groups (broad SMARTS) is 1. The molecule has 0 saturated carbocycles. The Labute approximate surface area is 116 Å². The molecule has 1 aromatic rings. The zero-order chi connectivity index (χ0) is 14.7. The molecule has 1 aliphatic heterocycles. The van der Waals surface area contributed by atoms with E-state index in [0.29, 0.717) is 18.7 Å². The first kappa shape index (κ1) is 14.7. The van der Waals surface area contributed by atoms with Crippen molar-refractivity contribution in [3.05, 3.63) is 29.6 Å². The quantitative estimate of drug-likeness (QED) is 0.856. The van der Waals surface area contributed by atoms with Crippen LogP contribution in [0, 0.1) is 11.7 Å². The summed E-state index contributed by atoms with van der Waals surface area (Å²) in [6.45, 7) is 3.30. The Hall–Kier alpha value is -1.66. The molecule has 1 aliphatic rings. The molecule has 110 valence electrons. The molecule has 1 aromatic carbocycles. The number of rotatable bonds is 5. The van der Waals surface area contributed by atoms with E-state index in [4.69, 9.17) is 4.74 Å². The topological polar surface area (TPSA) is 70.0 Å². The first-order valence-corrected chi connectivity index (χ1v) is 6.55. The van der Waals surface area contributed by atoms with Crippen LogP contribution in [0.2, 0.25) is 0 Å². The maximum atomic E-state index is 13.2. The number of likely N-dealkylation sites (N-methyl/N-ethyl adjacent to an activating group) is 1. The van der Waals surface area contributed by atoms with Crippen molar-refractivity contribution < 1.29 is 24.1 Å². The zero-order valence-corrected chi connectivity index (χ0v) is 11.3. The van der Waals surface area contributed by atoms with Gasteiger partial charge >= 0.3 is 5.97 Å². The van der Waals surface area contributed by atoms with Crippen LogP contribution in [-0.4, -0.2) is 46.9 Å². The third kappa shape index (κ3) is 3.08. The van der Waals surface area contributed by atoms with Gasteiger partial charge in [-0.1, -0.05) is 6.92 Å². The van der Waals surface area contributed by atoms with Crippen LogP contribution in [0.4, 0.5) is 4.39 Å². The number of hydrogen-bond acceptors (Lipinski definition) is 4. The lowest BCUT2D eigenvalue weighted by Gasteiger charge is -2.29. The van der Waals surface area contributed by atoms with Gasteiger partial charge in [0.15, 0.2) is 0 Å². The first-order valence-electron chi connectivity index (χ1n) is 6.55. The van der Waals surface area contributed by atoms with Crippen LogP contribution in [0.25, 0.3) is 0 Å². The fourth-order valence-corrected chi connectivity index (χ4v) is 2.50. The average Bonchev–Trinajstić information content (AvgIpc) is 2.89. The molecule has 1 saturated heterocycles. The van der Waals surface area contributed by atoms with Crippen molar-refractivity contribution in [3.63, 3.8) is 0 Å². The number of benzene rings is 1. The summed E-state index contributed by atoms with van der Waals surface area (Å²) in [6.07, 6.45) is 0. The molecule has 1 fully saturated rings. The Morgan fingerprint density at radius 1 is 1.50 bits per heavy atom. The number of nitrogens with zero attached hydrogens (tertiary/aromatic N) is 1. The van der Waals surface area contributed by atoms with Gasteiger partial charge in [0.1, 0.15) is 11.6 Å². The summed E-state index contributed by atoms with van der Waals surface area (Å²) in [6, 6.07) is 3.50. The minimum absolute atomic E-state index is 0.00985. The molecule has 2 N–H and O–H groups in total. The minimum atomic E-state index is -0.894. The third-order valence-electron chi connectivity index (χ3n) is 3.66. The van der Waals surface area contributed by atoms with Gasteiger partial charge in [-0.3, -0.25) is 9.69 Å². The fraction of sp³-hybridized carbons (Fsp3) is 0.500. The van der Waals surface area contributed by atoms with Crippen LogP contribution < -0.4 is 0 Å². The summed E-state index contributed by atoms with van der Waals surface area (Å²) in [5.41, 5.74) is 0.447. The predicted octanol–water partition coefficient (Wildman–Crippen LogP) is 1.45. The van der Waals surface area contributed by atoms with Gasteiger partial charge in [-0.15, -0.1) is 0 Å². The number of phenols is 1. The van der Waals surface area contributed by atoms with Crippen molar-refractivity contribution in [1.29, 1.82) is 0 Å².